The summed E-state index contributed by atoms with van der Waals surface area (Å²) < 4.78 is 5.18. The summed E-state index contributed by atoms with van der Waals surface area (Å²) >= 11 is 1.32. The first-order valence-electron chi connectivity index (χ1n) is 5.77. The Morgan fingerprint density at radius 1 is 1.45 bits per heavy atom. The number of thioether (sulfide) groups is 1. The van der Waals surface area contributed by atoms with E-state index in [9.17, 15) is 9.59 Å². The number of benzene rings is 1. The van der Waals surface area contributed by atoms with Crippen LogP contribution in [0, 0.1) is 0 Å². The Morgan fingerprint density at radius 2 is 2.25 bits per heavy atom. The van der Waals surface area contributed by atoms with Crippen molar-refractivity contribution in [2.45, 2.75) is 5.50 Å². The molecule has 1 heterocycles. The third-order valence-corrected chi connectivity index (χ3v) is 3.98. The zero-order valence-electron chi connectivity index (χ0n) is 10.4. The van der Waals surface area contributed by atoms with Crippen LogP contribution in [-0.4, -0.2) is 35.3 Å². The lowest BCUT2D eigenvalue weighted by atomic mass is 10.1. The highest BCUT2D eigenvalue weighted by molar-refractivity contribution is 8.05. The van der Waals surface area contributed by atoms with Crippen molar-refractivity contribution in [2.24, 2.45) is 4.99 Å². The number of aliphatic imine (C=N–C) groups is 1. The summed E-state index contributed by atoms with van der Waals surface area (Å²) in [6.45, 7) is 0. The number of methoxy groups -OCH3 is 1. The fraction of sp³-hybridized carbons (Fsp3) is 0.154. The molecule has 1 aromatic rings. The number of ether oxygens (including phenoxy) is 1. The van der Waals surface area contributed by atoms with Crippen LogP contribution in [0.15, 0.2) is 28.1 Å². The molecule has 0 spiro atoms. The monoisotopic (exact) mass is 290 g/mol. The molecule has 0 fully saturated rings. The number of carbonyl (C=O) groups is 2. The molecule has 20 heavy (non-hydrogen) atoms. The van der Waals surface area contributed by atoms with Gasteiger partial charge in [0.25, 0.3) is 0 Å². The molecule has 1 aromatic carbocycles. The van der Waals surface area contributed by atoms with E-state index in [1.807, 2.05) is 24.3 Å². The Hall–Kier alpha value is -2.28. The molecular formula is C13H10N2O4S. The minimum atomic E-state index is -1.51. The van der Waals surface area contributed by atoms with Crippen LogP contribution in [0.2, 0.25) is 0 Å². The predicted molar refractivity (Wildman–Crippen MR) is 74.7 cm³/mol. The lowest BCUT2D eigenvalue weighted by molar-refractivity contribution is -0.150. The zero-order valence-corrected chi connectivity index (χ0v) is 11.2. The van der Waals surface area contributed by atoms with E-state index < -0.39 is 17.4 Å². The zero-order chi connectivity index (χ0) is 14.3. The quantitative estimate of drug-likeness (QED) is 0.795. The number of nitrogens with one attached hydrogen (secondary N) is 1. The van der Waals surface area contributed by atoms with Crippen molar-refractivity contribution in [2.75, 3.05) is 7.11 Å². The van der Waals surface area contributed by atoms with Gasteiger partial charge in [-0.1, -0.05) is 17.8 Å². The highest BCUT2D eigenvalue weighted by Crippen LogP contribution is 2.41. The average Bonchev–Trinajstić information content (AvgIpc) is 2.95. The van der Waals surface area contributed by atoms with Gasteiger partial charge in [0, 0.05) is 10.5 Å². The van der Waals surface area contributed by atoms with Crippen LogP contribution >= 0.6 is 11.8 Å². The van der Waals surface area contributed by atoms with Crippen molar-refractivity contribution >= 4 is 35.4 Å². The van der Waals surface area contributed by atoms with Crippen molar-refractivity contribution in [3.05, 3.63) is 34.2 Å². The number of allylic oxidation sites excluding steroid dienone is 1. The number of aliphatic carboxylic acids is 1. The van der Waals surface area contributed by atoms with E-state index >= 15 is 0 Å². The molecule has 0 bridgehead atoms. The summed E-state index contributed by atoms with van der Waals surface area (Å²) in [4.78, 5) is 26.9. The van der Waals surface area contributed by atoms with E-state index in [0.29, 0.717) is 0 Å². The van der Waals surface area contributed by atoms with Gasteiger partial charge in [0.2, 0.25) is 0 Å². The SMILES string of the molecule is COc1ccc2c(c1)C1=NC(NC(=O)C(=O)O)SC1=C2. The molecule has 0 radical (unpaired) electrons. The summed E-state index contributed by atoms with van der Waals surface area (Å²) in [5.41, 5.74) is 2.13. The second kappa shape index (κ2) is 4.68. The maximum Gasteiger partial charge on any atom is 0.394 e. The fourth-order valence-electron chi connectivity index (χ4n) is 2.06. The maximum absolute atomic E-state index is 11.1. The van der Waals surface area contributed by atoms with Crippen LogP contribution < -0.4 is 10.1 Å². The van der Waals surface area contributed by atoms with Crippen molar-refractivity contribution in [1.29, 1.82) is 0 Å². The third kappa shape index (κ3) is 2.05. The Morgan fingerprint density at radius 3 is 2.95 bits per heavy atom. The smallest absolute Gasteiger partial charge is 0.394 e. The number of hydrogen-bond donors (Lipinski definition) is 2. The highest BCUT2D eigenvalue weighted by atomic mass is 32.2. The standard InChI is InChI=1S/C13H10N2O4S/c1-19-7-3-2-6-4-9-10(8(6)5-7)14-13(20-9)15-11(16)12(17)18/h2-5,13H,1H3,(H,15,16)(H,17,18). The van der Waals surface area contributed by atoms with Gasteiger partial charge in [-0.2, -0.15) is 0 Å². The molecule has 7 heteroatoms. The first-order chi connectivity index (χ1) is 9.58. The van der Waals surface area contributed by atoms with Crippen LogP contribution in [-0.2, 0) is 9.59 Å². The number of hydrogen-bond acceptors (Lipinski definition) is 5. The van der Waals surface area contributed by atoms with Crippen LogP contribution in [0.4, 0.5) is 0 Å². The molecule has 102 valence electrons. The minimum absolute atomic E-state index is 0.598. The van der Waals surface area contributed by atoms with Crippen molar-refractivity contribution in [1.82, 2.24) is 5.32 Å². The van der Waals surface area contributed by atoms with Crippen LogP contribution in [0.25, 0.3) is 6.08 Å². The Balaban J connectivity index is 1.87. The molecule has 1 atom stereocenters. The normalized spacial score (nSPS) is 18.8. The van der Waals surface area contributed by atoms with Crippen molar-refractivity contribution < 1.29 is 19.4 Å². The summed E-state index contributed by atoms with van der Waals surface area (Å²) in [6.07, 6.45) is 1.96. The fourth-order valence-corrected chi connectivity index (χ4v) is 3.09. The second-order valence-corrected chi connectivity index (χ2v) is 5.31. The number of rotatable bonds is 2. The minimum Gasteiger partial charge on any atom is -0.497 e. The number of carbonyl (C=O) groups excluding carboxylic acids is 1. The molecule has 1 aliphatic carbocycles. The highest BCUT2D eigenvalue weighted by Gasteiger charge is 2.32. The third-order valence-electron chi connectivity index (χ3n) is 2.97. The number of amides is 1. The number of carboxylic acid groups (broad SMARTS) is 1. The first kappa shape index (κ1) is 12.7. The Bertz CT molecular complexity index is 681. The van der Waals surface area contributed by atoms with Crippen molar-refractivity contribution in [3.8, 4) is 5.75 Å². The molecule has 2 N–H and O–H groups in total. The van der Waals surface area contributed by atoms with Crippen LogP contribution in [0.1, 0.15) is 11.1 Å². The van der Waals surface area contributed by atoms with E-state index in [2.05, 4.69) is 10.3 Å². The van der Waals surface area contributed by atoms with E-state index in [1.54, 1.807) is 7.11 Å². The Kier molecular flexibility index (Phi) is 2.98. The number of fused-ring (bicyclic) bond motifs is 3. The summed E-state index contributed by atoms with van der Waals surface area (Å²) in [5, 5.41) is 10.9. The van der Waals surface area contributed by atoms with E-state index in [4.69, 9.17) is 9.84 Å². The van der Waals surface area contributed by atoms with Gasteiger partial charge >= 0.3 is 11.9 Å². The van der Waals surface area contributed by atoms with E-state index in [-0.39, 0.29) is 0 Å². The number of carboxylic acids is 1. The maximum atomic E-state index is 11.1. The largest absolute Gasteiger partial charge is 0.497 e. The first-order valence-corrected chi connectivity index (χ1v) is 6.65. The van der Waals surface area contributed by atoms with Gasteiger partial charge in [0.1, 0.15) is 5.75 Å². The summed E-state index contributed by atoms with van der Waals surface area (Å²) in [7, 11) is 1.59. The molecule has 2 aliphatic rings. The van der Waals surface area contributed by atoms with Gasteiger partial charge in [0.15, 0.2) is 5.50 Å². The second-order valence-electron chi connectivity index (χ2n) is 4.19. The molecule has 1 aliphatic heterocycles. The van der Waals surface area contributed by atoms with Gasteiger partial charge in [-0.05, 0) is 23.8 Å². The lowest BCUT2D eigenvalue weighted by Crippen LogP contribution is -2.35. The van der Waals surface area contributed by atoms with Gasteiger partial charge < -0.3 is 15.2 Å². The van der Waals surface area contributed by atoms with E-state index in [0.717, 1.165) is 27.5 Å². The molecule has 0 saturated carbocycles. The number of nitrogens with zero attached hydrogens (tertiary/aromatic N) is 1. The van der Waals surface area contributed by atoms with Gasteiger partial charge in [0.05, 0.1) is 12.8 Å². The van der Waals surface area contributed by atoms with Gasteiger partial charge in [-0.25, -0.2) is 9.79 Å². The Labute approximate surface area is 118 Å². The summed E-state index contributed by atoms with van der Waals surface area (Å²) in [6, 6.07) is 5.68. The molecule has 3 rings (SSSR count). The summed E-state index contributed by atoms with van der Waals surface area (Å²) in [5.74, 6) is -1.85. The molecule has 0 aromatic heterocycles. The van der Waals surface area contributed by atoms with Crippen LogP contribution in [0.3, 0.4) is 0 Å². The average molecular weight is 290 g/mol. The van der Waals surface area contributed by atoms with E-state index in [1.165, 1.54) is 11.8 Å². The lowest BCUT2D eigenvalue weighted by Gasteiger charge is -2.06. The molecule has 1 unspecified atom stereocenters. The molecule has 6 nitrogen and oxygen atoms in total. The molecular weight excluding hydrogens is 280 g/mol. The van der Waals surface area contributed by atoms with Gasteiger partial charge in [-0.15, -0.1) is 0 Å². The topological polar surface area (TPSA) is 88.0 Å². The molecule has 0 saturated heterocycles. The van der Waals surface area contributed by atoms with Crippen molar-refractivity contribution in [3.63, 3.8) is 0 Å². The molecule has 1 amide bonds. The van der Waals surface area contributed by atoms with Crippen LogP contribution in [0.5, 0.6) is 5.75 Å². The predicted octanol–water partition coefficient (Wildman–Crippen LogP) is 1.07. The van der Waals surface area contributed by atoms with Gasteiger partial charge in [-0.3, -0.25) is 4.79 Å².